The SMILES string of the molecule is Cc1ccnc(NC(c2ccc(N(C)C)cc2)C(C)C)c1. The maximum Gasteiger partial charge on any atom is 0.126 e. The Morgan fingerprint density at radius 3 is 2.24 bits per heavy atom. The van der Waals surface area contributed by atoms with Gasteiger partial charge in [0.25, 0.3) is 0 Å². The van der Waals surface area contributed by atoms with Crippen LogP contribution in [-0.2, 0) is 0 Å². The summed E-state index contributed by atoms with van der Waals surface area (Å²) in [4.78, 5) is 6.53. The number of nitrogens with zero attached hydrogens (tertiary/aromatic N) is 2. The topological polar surface area (TPSA) is 28.2 Å². The molecule has 0 amide bonds. The molecule has 1 unspecified atom stereocenters. The van der Waals surface area contributed by atoms with E-state index >= 15 is 0 Å². The van der Waals surface area contributed by atoms with Crippen LogP contribution in [0.15, 0.2) is 42.6 Å². The lowest BCUT2D eigenvalue weighted by Gasteiger charge is -2.24. The standard InChI is InChI=1S/C18H25N3/c1-13(2)18(20-17-12-14(3)10-11-19-17)15-6-8-16(9-7-15)21(4)5/h6-13,18H,1-5H3,(H,19,20). The molecule has 1 aromatic carbocycles. The van der Waals surface area contributed by atoms with Crippen molar-refractivity contribution in [2.24, 2.45) is 5.92 Å². The summed E-state index contributed by atoms with van der Waals surface area (Å²) in [5.41, 5.74) is 3.73. The number of rotatable bonds is 5. The van der Waals surface area contributed by atoms with Gasteiger partial charge in [0.15, 0.2) is 0 Å². The summed E-state index contributed by atoms with van der Waals surface area (Å²) in [5.74, 6) is 1.42. The van der Waals surface area contributed by atoms with Crippen molar-refractivity contribution in [1.82, 2.24) is 4.98 Å². The maximum absolute atomic E-state index is 4.41. The second kappa shape index (κ2) is 6.61. The van der Waals surface area contributed by atoms with Crippen LogP contribution in [0.5, 0.6) is 0 Å². The van der Waals surface area contributed by atoms with Crippen molar-refractivity contribution in [2.75, 3.05) is 24.3 Å². The molecular formula is C18H25N3. The molecule has 0 saturated heterocycles. The molecule has 0 fully saturated rings. The van der Waals surface area contributed by atoms with Crippen LogP contribution in [0.2, 0.25) is 0 Å². The number of nitrogens with one attached hydrogen (secondary N) is 1. The Kier molecular flexibility index (Phi) is 4.84. The van der Waals surface area contributed by atoms with Gasteiger partial charge in [-0.1, -0.05) is 26.0 Å². The average Bonchev–Trinajstić information content (AvgIpc) is 2.44. The Labute approximate surface area is 128 Å². The van der Waals surface area contributed by atoms with E-state index in [1.54, 1.807) is 0 Å². The lowest BCUT2D eigenvalue weighted by atomic mass is 9.95. The first-order chi connectivity index (χ1) is 9.97. The van der Waals surface area contributed by atoms with Crippen molar-refractivity contribution >= 4 is 11.5 Å². The highest BCUT2D eigenvalue weighted by Gasteiger charge is 2.16. The average molecular weight is 283 g/mol. The summed E-state index contributed by atoms with van der Waals surface area (Å²) in [7, 11) is 4.12. The van der Waals surface area contributed by atoms with Crippen LogP contribution >= 0.6 is 0 Å². The Balaban J connectivity index is 2.22. The van der Waals surface area contributed by atoms with E-state index in [4.69, 9.17) is 0 Å². The third kappa shape index (κ3) is 3.97. The van der Waals surface area contributed by atoms with Gasteiger partial charge in [-0.3, -0.25) is 0 Å². The first-order valence-corrected chi connectivity index (χ1v) is 7.44. The van der Waals surface area contributed by atoms with Gasteiger partial charge in [0.2, 0.25) is 0 Å². The molecule has 0 radical (unpaired) electrons. The minimum Gasteiger partial charge on any atom is -0.378 e. The van der Waals surface area contributed by atoms with E-state index in [0.29, 0.717) is 5.92 Å². The smallest absolute Gasteiger partial charge is 0.126 e. The zero-order valence-corrected chi connectivity index (χ0v) is 13.6. The minimum atomic E-state index is 0.260. The van der Waals surface area contributed by atoms with Crippen molar-refractivity contribution in [3.8, 4) is 0 Å². The van der Waals surface area contributed by atoms with Gasteiger partial charge >= 0.3 is 0 Å². The normalized spacial score (nSPS) is 12.3. The number of aromatic nitrogens is 1. The Hall–Kier alpha value is -2.03. The van der Waals surface area contributed by atoms with Crippen LogP contribution in [0.1, 0.15) is 31.0 Å². The molecular weight excluding hydrogens is 258 g/mol. The summed E-state index contributed by atoms with van der Waals surface area (Å²) >= 11 is 0. The molecule has 3 heteroatoms. The molecule has 0 aliphatic heterocycles. The molecule has 1 aromatic heterocycles. The molecule has 112 valence electrons. The van der Waals surface area contributed by atoms with Crippen molar-refractivity contribution < 1.29 is 0 Å². The lowest BCUT2D eigenvalue weighted by Crippen LogP contribution is -2.18. The van der Waals surface area contributed by atoms with Gasteiger partial charge in [0.1, 0.15) is 5.82 Å². The fourth-order valence-corrected chi connectivity index (χ4v) is 2.39. The molecule has 0 aliphatic carbocycles. The molecule has 1 heterocycles. The molecule has 3 nitrogen and oxygen atoms in total. The van der Waals surface area contributed by atoms with Crippen LogP contribution in [0.3, 0.4) is 0 Å². The number of benzene rings is 1. The predicted molar refractivity (Wildman–Crippen MR) is 90.9 cm³/mol. The van der Waals surface area contributed by atoms with Crippen LogP contribution in [0.25, 0.3) is 0 Å². The summed E-state index contributed by atoms with van der Waals surface area (Å²) in [5, 5.41) is 3.56. The molecule has 2 rings (SSSR count). The number of hydrogen-bond donors (Lipinski definition) is 1. The molecule has 2 aromatic rings. The van der Waals surface area contributed by atoms with E-state index in [9.17, 15) is 0 Å². The third-order valence-electron chi connectivity index (χ3n) is 3.65. The van der Waals surface area contributed by atoms with Crippen molar-refractivity contribution in [2.45, 2.75) is 26.8 Å². The lowest BCUT2D eigenvalue weighted by molar-refractivity contribution is 0.545. The molecule has 21 heavy (non-hydrogen) atoms. The van der Waals surface area contributed by atoms with E-state index in [-0.39, 0.29) is 6.04 Å². The van der Waals surface area contributed by atoms with Crippen molar-refractivity contribution in [1.29, 1.82) is 0 Å². The van der Waals surface area contributed by atoms with Gasteiger partial charge in [0, 0.05) is 26.0 Å². The molecule has 0 spiro atoms. The van der Waals surface area contributed by atoms with Crippen molar-refractivity contribution in [3.05, 3.63) is 53.7 Å². The summed E-state index contributed by atoms with van der Waals surface area (Å²) in [6, 6.07) is 13.1. The number of anilines is 2. The van der Waals surface area contributed by atoms with Gasteiger partial charge < -0.3 is 10.2 Å². The van der Waals surface area contributed by atoms with Gasteiger partial charge in [-0.2, -0.15) is 0 Å². The number of hydrogen-bond acceptors (Lipinski definition) is 3. The van der Waals surface area contributed by atoms with E-state index in [0.717, 1.165) is 5.82 Å². The van der Waals surface area contributed by atoms with Gasteiger partial charge in [-0.05, 0) is 48.2 Å². The Bertz CT molecular complexity index is 573. The zero-order chi connectivity index (χ0) is 15.4. The molecule has 0 aliphatic rings. The molecule has 0 saturated carbocycles. The number of pyridine rings is 1. The first kappa shape index (κ1) is 15.4. The maximum atomic E-state index is 4.41. The minimum absolute atomic E-state index is 0.260. The van der Waals surface area contributed by atoms with Crippen LogP contribution in [-0.4, -0.2) is 19.1 Å². The first-order valence-electron chi connectivity index (χ1n) is 7.44. The van der Waals surface area contributed by atoms with Crippen LogP contribution < -0.4 is 10.2 Å². The van der Waals surface area contributed by atoms with E-state index < -0.39 is 0 Å². The quantitative estimate of drug-likeness (QED) is 0.888. The molecule has 1 atom stereocenters. The van der Waals surface area contributed by atoms with Gasteiger partial charge in [0.05, 0.1) is 6.04 Å². The monoisotopic (exact) mass is 283 g/mol. The predicted octanol–water partition coefficient (Wildman–Crippen LogP) is 4.27. The third-order valence-corrected chi connectivity index (χ3v) is 3.65. The molecule has 0 bridgehead atoms. The fourth-order valence-electron chi connectivity index (χ4n) is 2.39. The molecule has 1 N–H and O–H groups in total. The van der Waals surface area contributed by atoms with E-state index in [1.807, 2.05) is 12.3 Å². The Morgan fingerprint density at radius 2 is 1.71 bits per heavy atom. The summed E-state index contributed by atoms with van der Waals surface area (Å²) in [6.07, 6.45) is 1.85. The van der Waals surface area contributed by atoms with Crippen LogP contribution in [0.4, 0.5) is 11.5 Å². The second-order valence-corrected chi connectivity index (χ2v) is 6.07. The highest BCUT2D eigenvalue weighted by atomic mass is 15.1. The van der Waals surface area contributed by atoms with E-state index in [2.05, 4.69) is 80.4 Å². The van der Waals surface area contributed by atoms with E-state index in [1.165, 1.54) is 16.8 Å². The number of aryl methyl sites for hydroxylation is 1. The zero-order valence-electron chi connectivity index (χ0n) is 13.6. The Morgan fingerprint density at radius 1 is 1.05 bits per heavy atom. The summed E-state index contributed by atoms with van der Waals surface area (Å²) in [6.45, 7) is 6.55. The summed E-state index contributed by atoms with van der Waals surface area (Å²) < 4.78 is 0. The van der Waals surface area contributed by atoms with Gasteiger partial charge in [-0.15, -0.1) is 0 Å². The second-order valence-electron chi connectivity index (χ2n) is 6.07. The fraction of sp³-hybridized carbons (Fsp3) is 0.389. The van der Waals surface area contributed by atoms with Crippen molar-refractivity contribution in [3.63, 3.8) is 0 Å². The highest BCUT2D eigenvalue weighted by molar-refractivity contribution is 5.48. The van der Waals surface area contributed by atoms with Gasteiger partial charge in [-0.25, -0.2) is 4.98 Å². The van der Waals surface area contributed by atoms with Crippen LogP contribution in [0, 0.1) is 12.8 Å². The largest absolute Gasteiger partial charge is 0.378 e. The highest BCUT2D eigenvalue weighted by Crippen LogP contribution is 2.27.